The summed E-state index contributed by atoms with van der Waals surface area (Å²) in [4.78, 5) is 18.0. The van der Waals surface area contributed by atoms with E-state index in [1.54, 1.807) is 24.3 Å². The van der Waals surface area contributed by atoms with E-state index >= 15 is 0 Å². The van der Waals surface area contributed by atoms with Crippen molar-refractivity contribution in [3.05, 3.63) is 45.9 Å². The number of thiophene rings is 1. The zero-order chi connectivity index (χ0) is 17.1. The number of carbonyl (C=O) groups is 1. The third-order valence-corrected chi connectivity index (χ3v) is 4.14. The number of carbonyl (C=O) groups excluding carboxylic acids is 1. The van der Waals surface area contributed by atoms with E-state index in [9.17, 15) is 4.79 Å². The number of esters is 1. The van der Waals surface area contributed by atoms with E-state index in [2.05, 4.69) is 10.1 Å². The standard InChI is InChI=1S/C16H17N3O4S/c1-10-13(16(20)21-3)6-12(22-10)7-19(2)8-14-17-15(18-23-14)11-4-5-24-9-11/h4-6,9H,7-8H2,1-3H3. The highest BCUT2D eigenvalue weighted by molar-refractivity contribution is 7.08. The van der Waals surface area contributed by atoms with Crippen LogP contribution < -0.4 is 0 Å². The Morgan fingerprint density at radius 1 is 1.42 bits per heavy atom. The Hall–Kier alpha value is -2.45. The molecule has 3 heterocycles. The molecule has 0 aliphatic heterocycles. The first-order chi connectivity index (χ1) is 11.6. The lowest BCUT2D eigenvalue weighted by atomic mass is 10.2. The van der Waals surface area contributed by atoms with Crippen molar-refractivity contribution in [3.8, 4) is 11.4 Å². The third-order valence-electron chi connectivity index (χ3n) is 3.45. The van der Waals surface area contributed by atoms with Crippen LogP contribution in [0.2, 0.25) is 0 Å². The van der Waals surface area contributed by atoms with Crippen molar-refractivity contribution >= 4 is 17.3 Å². The van der Waals surface area contributed by atoms with Gasteiger partial charge in [0.15, 0.2) is 0 Å². The van der Waals surface area contributed by atoms with Crippen LogP contribution >= 0.6 is 11.3 Å². The minimum Gasteiger partial charge on any atom is -0.465 e. The average Bonchev–Trinajstić information content (AvgIpc) is 3.27. The van der Waals surface area contributed by atoms with Gasteiger partial charge in [-0.15, -0.1) is 0 Å². The van der Waals surface area contributed by atoms with Crippen molar-refractivity contribution in [1.29, 1.82) is 0 Å². The molecule has 0 atom stereocenters. The van der Waals surface area contributed by atoms with Gasteiger partial charge in [-0.05, 0) is 31.5 Å². The SMILES string of the molecule is COC(=O)c1cc(CN(C)Cc2nc(-c3ccsc3)no2)oc1C. The van der Waals surface area contributed by atoms with Crippen LogP contribution in [-0.4, -0.2) is 35.2 Å². The van der Waals surface area contributed by atoms with Gasteiger partial charge in [0.05, 0.1) is 20.2 Å². The number of ether oxygens (including phenoxy) is 1. The normalized spacial score (nSPS) is 11.2. The Morgan fingerprint density at radius 2 is 2.25 bits per heavy atom. The zero-order valence-electron chi connectivity index (χ0n) is 13.6. The maximum Gasteiger partial charge on any atom is 0.341 e. The molecule has 3 rings (SSSR count). The van der Waals surface area contributed by atoms with Crippen molar-refractivity contribution in [1.82, 2.24) is 15.0 Å². The fraction of sp³-hybridized carbons (Fsp3) is 0.312. The van der Waals surface area contributed by atoms with E-state index in [4.69, 9.17) is 13.7 Å². The molecule has 0 bridgehead atoms. The van der Waals surface area contributed by atoms with Crippen molar-refractivity contribution in [2.24, 2.45) is 0 Å². The lowest BCUT2D eigenvalue weighted by Crippen LogP contribution is -2.17. The summed E-state index contributed by atoms with van der Waals surface area (Å²) in [6, 6.07) is 3.64. The Balaban J connectivity index is 1.64. The van der Waals surface area contributed by atoms with Crippen LogP contribution in [0, 0.1) is 6.92 Å². The number of hydrogen-bond acceptors (Lipinski definition) is 8. The van der Waals surface area contributed by atoms with Crippen molar-refractivity contribution in [2.75, 3.05) is 14.2 Å². The summed E-state index contributed by atoms with van der Waals surface area (Å²) < 4.78 is 15.6. The fourth-order valence-corrected chi connectivity index (χ4v) is 2.95. The van der Waals surface area contributed by atoms with Crippen LogP contribution in [0.15, 0.2) is 31.8 Å². The van der Waals surface area contributed by atoms with Crippen LogP contribution in [-0.2, 0) is 17.8 Å². The van der Waals surface area contributed by atoms with Gasteiger partial charge in [0.2, 0.25) is 11.7 Å². The molecular weight excluding hydrogens is 330 g/mol. The smallest absolute Gasteiger partial charge is 0.341 e. The molecule has 0 unspecified atom stereocenters. The summed E-state index contributed by atoms with van der Waals surface area (Å²) in [7, 11) is 3.26. The molecule has 0 N–H and O–H groups in total. The van der Waals surface area contributed by atoms with Crippen LogP contribution in [0.25, 0.3) is 11.4 Å². The molecular formula is C16H17N3O4S. The van der Waals surface area contributed by atoms with Crippen molar-refractivity contribution in [2.45, 2.75) is 20.0 Å². The molecule has 0 aliphatic rings. The van der Waals surface area contributed by atoms with Gasteiger partial charge < -0.3 is 13.7 Å². The number of rotatable bonds is 6. The van der Waals surface area contributed by atoms with E-state index in [1.807, 2.05) is 28.8 Å². The molecule has 0 amide bonds. The van der Waals surface area contributed by atoms with Crippen LogP contribution in [0.4, 0.5) is 0 Å². The maximum atomic E-state index is 11.6. The van der Waals surface area contributed by atoms with E-state index in [0.29, 0.717) is 41.9 Å². The Labute approximate surface area is 142 Å². The van der Waals surface area contributed by atoms with Crippen LogP contribution in [0.5, 0.6) is 0 Å². The molecule has 0 saturated heterocycles. The average molecular weight is 347 g/mol. The lowest BCUT2D eigenvalue weighted by molar-refractivity contribution is 0.0599. The minimum absolute atomic E-state index is 0.401. The van der Waals surface area contributed by atoms with Gasteiger partial charge in [0.25, 0.3) is 0 Å². The number of aromatic nitrogens is 2. The van der Waals surface area contributed by atoms with E-state index in [1.165, 1.54) is 7.11 Å². The monoisotopic (exact) mass is 347 g/mol. The number of nitrogens with zero attached hydrogens (tertiary/aromatic N) is 3. The molecule has 7 nitrogen and oxygen atoms in total. The molecule has 8 heteroatoms. The molecule has 0 saturated carbocycles. The van der Waals surface area contributed by atoms with Crippen molar-refractivity contribution < 1.29 is 18.5 Å². The summed E-state index contributed by atoms with van der Waals surface area (Å²) in [5.41, 5.74) is 1.39. The zero-order valence-corrected chi connectivity index (χ0v) is 14.4. The van der Waals surface area contributed by atoms with Gasteiger partial charge in [-0.3, -0.25) is 4.90 Å². The first-order valence-electron chi connectivity index (χ1n) is 7.28. The summed E-state index contributed by atoms with van der Waals surface area (Å²) in [5.74, 6) is 1.93. The topological polar surface area (TPSA) is 81.6 Å². The van der Waals surface area contributed by atoms with Gasteiger partial charge in [-0.2, -0.15) is 16.3 Å². The predicted molar refractivity (Wildman–Crippen MR) is 87.6 cm³/mol. The van der Waals surface area contributed by atoms with Crippen LogP contribution in [0.1, 0.15) is 27.8 Å². The van der Waals surface area contributed by atoms with Gasteiger partial charge in [0.1, 0.15) is 17.1 Å². The second-order valence-corrected chi connectivity index (χ2v) is 6.15. The van der Waals surface area contributed by atoms with Crippen LogP contribution in [0.3, 0.4) is 0 Å². The van der Waals surface area contributed by atoms with Gasteiger partial charge in [0, 0.05) is 10.9 Å². The highest BCUT2D eigenvalue weighted by Gasteiger charge is 2.17. The second-order valence-electron chi connectivity index (χ2n) is 5.37. The maximum absolute atomic E-state index is 11.6. The van der Waals surface area contributed by atoms with E-state index in [0.717, 1.165) is 5.56 Å². The molecule has 3 aromatic heterocycles. The molecule has 0 aromatic carbocycles. The van der Waals surface area contributed by atoms with Crippen molar-refractivity contribution in [3.63, 3.8) is 0 Å². The van der Waals surface area contributed by atoms with Gasteiger partial charge in [-0.25, -0.2) is 4.79 Å². The minimum atomic E-state index is -0.401. The largest absolute Gasteiger partial charge is 0.465 e. The first kappa shape index (κ1) is 16.4. The summed E-state index contributed by atoms with van der Waals surface area (Å²) in [5, 5.41) is 7.92. The first-order valence-corrected chi connectivity index (χ1v) is 8.22. The summed E-state index contributed by atoms with van der Waals surface area (Å²) in [6.07, 6.45) is 0. The van der Waals surface area contributed by atoms with Gasteiger partial charge >= 0.3 is 5.97 Å². The third kappa shape index (κ3) is 3.55. The number of aryl methyl sites for hydroxylation is 1. The quantitative estimate of drug-likeness (QED) is 0.634. The Morgan fingerprint density at radius 3 is 2.96 bits per heavy atom. The summed E-state index contributed by atoms with van der Waals surface area (Å²) >= 11 is 1.58. The highest BCUT2D eigenvalue weighted by atomic mass is 32.1. The number of furan rings is 1. The van der Waals surface area contributed by atoms with Gasteiger partial charge in [-0.1, -0.05) is 5.16 Å². The number of methoxy groups -OCH3 is 1. The van der Waals surface area contributed by atoms with E-state index < -0.39 is 5.97 Å². The molecule has 0 aliphatic carbocycles. The highest BCUT2D eigenvalue weighted by Crippen LogP contribution is 2.20. The Bertz CT molecular complexity index is 822. The lowest BCUT2D eigenvalue weighted by Gasteiger charge is -2.11. The van der Waals surface area contributed by atoms with E-state index in [-0.39, 0.29) is 0 Å². The Kier molecular flexibility index (Phi) is 4.77. The molecule has 24 heavy (non-hydrogen) atoms. The summed E-state index contributed by atoms with van der Waals surface area (Å²) in [6.45, 7) is 2.72. The predicted octanol–water partition coefficient (Wildman–Crippen LogP) is 3.12. The molecule has 126 valence electrons. The fourth-order valence-electron chi connectivity index (χ4n) is 2.32. The molecule has 0 spiro atoms. The molecule has 0 radical (unpaired) electrons. The molecule has 3 aromatic rings. The number of hydrogen-bond donors (Lipinski definition) is 0. The molecule has 0 fully saturated rings. The second kappa shape index (κ2) is 6.98.